The third-order valence-corrected chi connectivity index (χ3v) is 4.22. The Hall–Kier alpha value is -0.810. The smallest absolute Gasteiger partial charge is 0.141 e. The Balaban J connectivity index is 2.12. The van der Waals surface area contributed by atoms with E-state index in [1.807, 2.05) is 11.8 Å². The predicted molar refractivity (Wildman–Crippen MR) is 80.3 cm³/mol. The van der Waals surface area contributed by atoms with Gasteiger partial charge in [0.2, 0.25) is 0 Å². The fourth-order valence-corrected chi connectivity index (χ4v) is 3.13. The Bertz CT molecular complexity index is 392. The van der Waals surface area contributed by atoms with E-state index < -0.39 is 0 Å². The number of thioether (sulfide) groups is 1. The molecule has 0 radical (unpaired) electrons. The van der Waals surface area contributed by atoms with Crippen molar-refractivity contribution in [1.29, 1.82) is 0 Å². The van der Waals surface area contributed by atoms with E-state index in [0.29, 0.717) is 6.54 Å². The van der Waals surface area contributed by atoms with E-state index in [1.165, 1.54) is 18.4 Å². The Morgan fingerprint density at radius 1 is 1.42 bits per heavy atom. The van der Waals surface area contributed by atoms with Gasteiger partial charge in [-0.25, -0.2) is 9.37 Å². The SMILES string of the molecule is CCCNCc1cc(F)cnc1N1CCCSCC1. The molecule has 3 nitrogen and oxygen atoms in total. The Morgan fingerprint density at radius 2 is 2.32 bits per heavy atom. The average Bonchev–Trinajstić information content (AvgIpc) is 2.68. The van der Waals surface area contributed by atoms with Crippen molar-refractivity contribution in [3.8, 4) is 0 Å². The molecule has 1 aliphatic rings. The minimum atomic E-state index is -0.249. The van der Waals surface area contributed by atoms with Gasteiger partial charge < -0.3 is 10.2 Å². The third-order valence-electron chi connectivity index (χ3n) is 3.17. The third kappa shape index (κ3) is 4.35. The summed E-state index contributed by atoms with van der Waals surface area (Å²) in [4.78, 5) is 6.62. The molecule has 1 aliphatic heterocycles. The molecule has 0 atom stereocenters. The lowest BCUT2D eigenvalue weighted by atomic mass is 10.2. The first-order valence-electron chi connectivity index (χ1n) is 6.99. The summed E-state index contributed by atoms with van der Waals surface area (Å²) in [7, 11) is 0. The first kappa shape index (κ1) is 14.6. The van der Waals surface area contributed by atoms with Crippen LogP contribution in [-0.2, 0) is 6.54 Å². The lowest BCUT2D eigenvalue weighted by Gasteiger charge is -2.24. The van der Waals surface area contributed by atoms with Crippen LogP contribution in [0, 0.1) is 5.82 Å². The van der Waals surface area contributed by atoms with Crippen molar-refractivity contribution in [1.82, 2.24) is 10.3 Å². The van der Waals surface area contributed by atoms with Crippen molar-refractivity contribution in [3.63, 3.8) is 0 Å². The van der Waals surface area contributed by atoms with Gasteiger partial charge in [-0.2, -0.15) is 11.8 Å². The Kier molecular flexibility index (Phi) is 5.92. The van der Waals surface area contributed by atoms with Crippen molar-refractivity contribution in [2.24, 2.45) is 0 Å². The van der Waals surface area contributed by atoms with Crippen molar-refractivity contribution in [2.45, 2.75) is 26.3 Å². The lowest BCUT2D eigenvalue weighted by Crippen LogP contribution is -2.28. The van der Waals surface area contributed by atoms with E-state index in [4.69, 9.17) is 0 Å². The molecule has 0 aromatic carbocycles. The van der Waals surface area contributed by atoms with Gasteiger partial charge in [0.1, 0.15) is 11.6 Å². The highest BCUT2D eigenvalue weighted by Gasteiger charge is 2.15. The van der Waals surface area contributed by atoms with Gasteiger partial charge in [0.05, 0.1) is 6.20 Å². The number of hydrogen-bond acceptors (Lipinski definition) is 4. The molecule has 0 amide bonds. The van der Waals surface area contributed by atoms with Gasteiger partial charge in [0.25, 0.3) is 0 Å². The molecule has 2 rings (SSSR count). The van der Waals surface area contributed by atoms with Crippen LogP contribution in [0.15, 0.2) is 12.3 Å². The second-order valence-electron chi connectivity index (χ2n) is 4.77. The lowest BCUT2D eigenvalue weighted by molar-refractivity contribution is 0.609. The largest absolute Gasteiger partial charge is 0.355 e. The quantitative estimate of drug-likeness (QED) is 0.841. The van der Waals surface area contributed by atoms with Gasteiger partial charge in [-0.05, 0) is 31.2 Å². The molecule has 1 fully saturated rings. The summed E-state index contributed by atoms with van der Waals surface area (Å²) in [5, 5.41) is 3.34. The van der Waals surface area contributed by atoms with E-state index in [0.717, 1.165) is 43.2 Å². The number of hydrogen-bond donors (Lipinski definition) is 1. The molecule has 2 heterocycles. The van der Waals surface area contributed by atoms with Crippen LogP contribution in [0.4, 0.5) is 10.2 Å². The molecular weight excluding hydrogens is 261 g/mol. The van der Waals surface area contributed by atoms with Crippen LogP contribution < -0.4 is 10.2 Å². The van der Waals surface area contributed by atoms with E-state index >= 15 is 0 Å². The van der Waals surface area contributed by atoms with Gasteiger partial charge in [0.15, 0.2) is 0 Å². The van der Waals surface area contributed by atoms with Crippen LogP contribution in [0.1, 0.15) is 25.3 Å². The molecule has 0 spiro atoms. The maximum Gasteiger partial charge on any atom is 0.141 e. The predicted octanol–water partition coefficient (Wildman–Crippen LogP) is 2.66. The molecule has 0 unspecified atom stereocenters. The zero-order valence-electron chi connectivity index (χ0n) is 11.5. The molecule has 0 aliphatic carbocycles. The summed E-state index contributed by atoms with van der Waals surface area (Å²) in [6.45, 7) is 5.80. The van der Waals surface area contributed by atoms with Gasteiger partial charge >= 0.3 is 0 Å². The molecule has 19 heavy (non-hydrogen) atoms. The summed E-state index contributed by atoms with van der Waals surface area (Å²) in [6.07, 6.45) is 3.58. The van der Waals surface area contributed by atoms with E-state index in [1.54, 1.807) is 6.07 Å². The van der Waals surface area contributed by atoms with Crippen molar-refractivity contribution >= 4 is 17.6 Å². The number of anilines is 1. The molecule has 0 bridgehead atoms. The van der Waals surface area contributed by atoms with E-state index in [9.17, 15) is 4.39 Å². The number of halogens is 1. The summed E-state index contributed by atoms with van der Waals surface area (Å²) >= 11 is 1.99. The van der Waals surface area contributed by atoms with Crippen molar-refractivity contribution < 1.29 is 4.39 Å². The summed E-state index contributed by atoms with van der Waals surface area (Å²) in [5.74, 6) is 3.04. The fourth-order valence-electron chi connectivity index (χ4n) is 2.25. The van der Waals surface area contributed by atoms with Crippen LogP contribution in [0.25, 0.3) is 0 Å². The molecule has 106 valence electrons. The van der Waals surface area contributed by atoms with Crippen LogP contribution in [-0.4, -0.2) is 36.1 Å². The van der Waals surface area contributed by atoms with Gasteiger partial charge in [-0.1, -0.05) is 6.92 Å². The first-order valence-corrected chi connectivity index (χ1v) is 8.14. The molecule has 5 heteroatoms. The number of nitrogens with zero attached hydrogens (tertiary/aromatic N) is 2. The zero-order valence-corrected chi connectivity index (χ0v) is 12.3. The minimum Gasteiger partial charge on any atom is -0.355 e. The van der Waals surface area contributed by atoms with Crippen LogP contribution in [0.2, 0.25) is 0 Å². The van der Waals surface area contributed by atoms with E-state index in [-0.39, 0.29) is 5.82 Å². The Labute approximate surface area is 119 Å². The van der Waals surface area contributed by atoms with Crippen LogP contribution in [0.5, 0.6) is 0 Å². The van der Waals surface area contributed by atoms with Crippen LogP contribution in [0.3, 0.4) is 0 Å². The van der Waals surface area contributed by atoms with Gasteiger partial charge in [0, 0.05) is 31.0 Å². The maximum atomic E-state index is 13.4. The van der Waals surface area contributed by atoms with Crippen molar-refractivity contribution in [2.75, 3.05) is 36.0 Å². The maximum absolute atomic E-state index is 13.4. The summed E-state index contributed by atoms with van der Waals surface area (Å²) in [5.41, 5.74) is 0.973. The highest BCUT2D eigenvalue weighted by atomic mass is 32.2. The number of aromatic nitrogens is 1. The van der Waals surface area contributed by atoms with Gasteiger partial charge in [-0.3, -0.25) is 0 Å². The van der Waals surface area contributed by atoms with Crippen molar-refractivity contribution in [3.05, 3.63) is 23.6 Å². The standard InChI is InChI=1S/C14H22FN3S/c1-2-4-16-10-12-9-13(15)11-17-14(12)18-5-3-7-19-8-6-18/h9,11,16H,2-8,10H2,1H3. The molecular formula is C14H22FN3S. The monoisotopic (exact) mass is 283 g/mol. The summed E-state index contributed by atoms with van der Waals surface area (Å²) in [6, 6.07) is 1.61. The highest BCUT2D eigenvalue weighted by Crippen LogP contribution is 2.21. The average molecular weight is 283 g/mol. The Morgan fingerprint density at radius 3 is 3.16 bits per heavy atom. The molecule has 1 N–H and O–H groups in total. The molecule has 0 saturated carbocycles. The molecule has 1 aromatic rings. The zero-order chi connectivity index (χ0) is 13.5. The van der Waals surface area contributed by atoms with Gasteiger partial charge in [-0.15, -0.1) is 0 Å². The first-order chi connectivity index (χ1) is 9.31. The second kappa shape index (κ2) is 7.70. The number of pyridine rings is 1. The normalized spacial score (nSPS) is 16.4. The van der Waals surface area contributed by atoms with E-state index in [2.05, 4.69) is 22.1 Å². The summed E-state index contributed by atoms with van der Waals surface area (Å²) < 4.78 is 13.4. The minimum absolute atomic E-state index is 0.249. The highest BCUT2D eigenvalue weighted by molar-refractivity contribution is 7.99. The number of rotatable bonds is 5. The fraction of sp³-hybridized carbons (Fsp3) is 0.643. The van der Waals surface area contributed by atoms with Crippen LogP contribution >= 0.6 is 11.8 Å². The topological polar surface area (TPSA) is 28.2 Å². The second-order valence-corrected chi connectivity index (χ2v) is 5.99. The number of nitrogens with one attached hydrogen (secondary N) is 1. The molecule has 1 aromatic heterocycles. The molecule has 1 saturated heterocycles.